The first kappa shape index (κ1) is 12.9. The van der Waals surface area contributed by atoms with E-state index < -0.39 is 10.1 Å². The van der Waals surface area contributed by atoms with Crippen molar-refractivity contribution in [3.63, 3.8) is 0 Å². The van der Waals surface area contributed by atoms with Gasteiger partial charge in [0.2, 0.25) is 0 Å². The van der Waals surface area contributed by atoms with Crippen LogP contribution in [-0.2, 0) is 14.2 Å². The third kappa shape index (κ3) is 23.9. The van der Waals surface area contributed by atoms with Crippen LogP contribution in [-0.4, -0.2) is 39.7 Å². The highest BCUT2D eigenvalue weighted by molar-refractivity contribution is 7.85. The molecule has 0 radical (unpaired) electrons. The monoisotopic (exact) mass is 202 g/mol. The molecule has 0 aromatic heterocycles. The van der Waals surface area contributed by atoms with Crippen molar-refractivity contribution in [2.24, 2.45) is 0 Å². The molecule has 0 amide bonds. The molecule has 0 aliphatic heterocycles. The van der Waals surface area contributed by atoms with Gasteiger partial charge in [0.1, 0.15) is 21.0 Å². The van der Waals surface area contributed by atoms with E-state index in [1.807, 2.05) is 0 Å². The molecule has 0 aromatic rings. The van der Waals surface area contributed by atoms with Crippen molar-refractivity contribution in [2.45, 2.75) is 13.3 Å². The standard InChI is InChI=1S/C3H8O3S.H6OSi2/c1-2-3-7(4,5)6;2-1-3/h2-3H2,1H3,(H,4,5,6);2-3H3. The van der Waals surface area contributed by atoms with E-state index in [2.05, 4.69) is 4.12 Å². The fourth-order valence-corrected chi connectivity index (χ4v) is 0.774. The second-order valence-electron chi connectivity index (χ2n) is 1.69. The molecular weight excluding hydrogens is 188 g/mol. The molecule has 0 heterocycles. The van der Waals surface area contributed by atoms with Crippen LogP contribution in [0.2, 0.25) is 0 Å². The minimum Gasteiger partial charge on any atom is -0.471 e. The maximum Gasteiger partial charge on any atom is 0.264 e. The highest BCUT2D eigenvalue weighted by Crippen LogP contribution is 1.83. The zero-order chi connectivity index (χ0) is 8.62. The van der Waals surface area contributed by atoms with Gasteiger partial charge >= 0.3 is 0 Å². The zero-order valence-electron chi connectivity index (χ0n) is 6.49. The summed E-state index contributed by atoms with van der Waals surface area (Å²) in [5.74, 6) is -0.132. The summed E-state index contributed by atoms with van der Waals surface area (Å²) in [7, 11) is -1.81. The third-order valence-corrected chi connectivity index (χ3v) is 1.39. The Hall–Kier alpha value is 0.304. The smallest absolute Gasteiger partial charge is 0.264 e. The van der Waals surface area contributed by atoms with Crippen LogP contribution < -0.4 is 0 Å². The van der Waals surface area contributed by atoms with E-state index in [1.54, 1.807) is 6.92 Å². The lowest BCUT2D eigenvalue weighted by Crippen LogP contribution is -2.01. The number of hydrogen-bond donors (Lipinski definition) is 1. The Balaban J connectivity index is 0. The summed E-state index contributed by atoms with van der Waals surface area (Å²) in [6.07, 6.45) is 0.471. The summed E-state index contributed by atoms with van der Waals surface area (Å²) in [6.45, 7) is 1.69. The summed E-state index contributed by atoms with van der Waals surface area (Å²) in [5, 5.41) is 0. The van der Waals surface area contributed by atoms with Crippen LogP contribution in [0.4, 0.5) is 0 Å². The molecule has 0 spiro atoms. The predicted octanol–water partition coefficient (Wildman–Crippen LogP) is -2.15. The summed E-state index contributed by atoms with van der Waals surface area (Å²) < 4.78 is 32.1. The van der Waals surface area contributed by atoms with Crippen molar-refractivity contribution in [2.75, 3.05) is 5.75 Å². The van der Waals surface area contributed by atoms with E-state index in [-0.39, 0.29) is 5.75 Å². The lowest BCUT2D eigenvalue weighted by atomic mass is 10.6. The first-order valence-corrected chi connectivity index (χ1v) is 6.07. The van der Waals surface area contributed by atoms with Gasteiger partial charge in [-0.15, -0.1) is 0 Å². The van der Waals surface area contributed by atoms with E-state index in [4.69, 9.17) is 4.55 Å². The third-order valence-electron chi connectivity index (χ3n) is 0.462. The zero-order valence-corrected chi connectivity index (χ0v) is 11.3. The maximum absolute atomic E-state index is 9.79. The fraction of sp³-hybridized carbons (Fsp3) is 1.00. The summed E-state index contributed by atoms with van der Waals surface area (Å²) in [6, 6.07) is 0. The molecule has 1 N–H and O–H groups in total. The molecule has 4 nitrogen and oxygen atoms in total. The molecule has 0 saturated heterocycles. The Labute approximate surface area is 67.8 Å². The molecule has 0 unspecified atom stereocenters. The Morgan fingerprint density at radius 2 is 1.80 bits per heavy atom. The van der Waals surface area contributed by atoms with E-state index in [9.17, 15) is 8.42 Å². The van der Waals surface area contributed by atoms with Crippen molar-refractivity contribution in [1.29, 1.82) is 0 Å². The molecule has 0 aliphatic rings. The Kier molecular flexibility index (Phi) is 9.59. The van der Waals surface area contributed by atoms with Crippen molar-refractivity contribution < 1.29 is 17.1 Å². The highest BCUT2D eigenvalue weighted by Gasteiger charge is 1.98. The van der Waals surface area contributed by atoms with Crippen LogP contribution in [0.5, 0.6) is 0 Å². The van der Waals surface area contributed by atoms with Gasteiger partial charge < -0.3 is 4.12 Å². The normalized spacial score (nSPS) is 10.6. The average molecular weight is 202 g/mol. The van der Waals surface area contributed by atoms with Gasteiger partial charge in [-0.25, -0.2) is 0 Å². The minimum atomic E-state index is -3.67. The second kappa shape index (κ2) is 7.41. The molecule has 10 heavy (non-hydrogen) atoms. The number of hydrogen-bond acceptors (Lipinski definition) is 3. The van der Waals surface area contributed by atoms with Crippen LogP contribution in [0.15, 0.2) is 0 Å². The van der Waals surface area contributed by atoms with Gasteiger partial charge in [0.25, 0.3) is 10.1 Å². The predicted molar refractivity (Wildman–Crippen MR) is 47.7 cm³/mol. The van der Waals surface area contributed by atoms with Crippen LogP contribution in [0.25, 0.3) is 0 Å². The average Bonchev–Trinajstić information content (AvgIpc) is 1.63. The molecule has 64 valence electrons. The molecule has 0 aliphatic carbocycles. The van der Waals surface area contributed by atoms with Crippen LogP contribution in [0, 0.1) is 0 Å². The topological polar surface area (TPSA) is 63.6 Å². The van der Waals surface area contributed by atoms with Gasteiger partial charge in [0, 0.05) is 0 Å². The lowest BCUT2D eigenvalue weighted by Gasteiger charge is -1.85. The SMILES string of the molecule is CCCS(=O)(=O)O.[SiH3]O[SiH3]. The lowest BCUT2D eigenvalue weighted by molar-refractivity contribution is 0.482. The molecule has 0 rings (SSSR count). The first-order chi connectivity index (χ1) is 4.47. The summed E-state index contributed by atoms with van der Waals surface area (Å²) in [4.78, 5) is 0. The van der Waals surface area contributed by atoms with Crippen LogP contribution in [0.1, 0.15) is 13.3 Å². The maximum atomic E-state index is 9.79. The van der Waals surface area contributed by atoms with Gasteiger partial charge in [-0.05, 0) is 6.42 Å². The Morgan fingerprint density at radius 3 is 1.80 bits per heavy atom. The fourth-order valence-electron chi connectivity index (χ4n) is 0.258. The molecule has 0 aromatic carbocycles. The van der Waals surface area contributed by atoms with Gasteiger partial charge in [0.05, 0.1) is 5.75 Å². The van der Waals surface area contributed by atoms with Crippen molar-refractivity contribution in [3.05, 3.63) is 0 Å². The van der Waals surface area contributed by atoms with E-state index >= 15 is 0 Å². The van der Waals surface area contributed by atoms with Crippen molar-refractivity contribution in [3.8, 4) is 0 Å². The molecule has 0 saturated carbocycles. The van der Waals surface area contributed by atoms with Crippen molar-refractivity contribution in [1.82, 2.24) is 0 Å². The second-order valence-corrected chi connectivity index (χ2v) is 6.53. The molecule has 0 atom stereocenters. The Bertz CT molecular complexity index is 143. The summed E-state index contributed by atoms with van der Waals surface area (Å²) >= 11 is 0. The van der Waals surface area contributed by atoms with Gasteiger partial charge in [-0.1, -0.05) is 6.92 Å². The molecular formula is C3H14O4SSi2. The molecule has 0 bridgehead atoms. The quantitative estimate of drug-likeness (QED) is 0.410. The van der Waals surface area contributed by atoms with Gasteiger partial charge in [-0.3, -0.25) is 4.55 Å². The minimum absolute atomic E-state index is 0.132. The van der Waals surface area contributed by atoms with E-state index in [1.165, 1.54) is 0 Å². The van der Waals surface area contributed by atoms with E-state index in [0.717, 1.165) is 21.0 Å². The largest absolute Gasteiger partial charge is 0.471 e. The van der Waals surface area contributed by atoms with Crippen molar-refractivity contribution >= 4 is 31.1 Å². The number of rotatable bonds is 2. The molecule has 0 fully saturated rings. The van der Waals surface area contributed by atoms with Gasteiger partial charge in [-0.2, -0.15) is 8.42 Å². The molecule has 7 heteroatoms. The summed E-state index contributed by atoms with van der Waals surface area (Å²) in [5.41, 5.74) is 0. The Morgan fingerprint density at radius 1 is 1.50 bits per heavy atom. The highest BCUT2D eigenvalue weighted by atomic mass is 32.2. The van der Waals surface area contributed by atoms with Gasteiger partial charge in [0.15, 0.2) is 0 Å². The van der Waals surface area contributed by atoms with Crippen LogP contribution >= 0.6 is 0 Å². The van der Waals surface area contributed by atoms with Crippen LogP contribution in [0.3, 0.4) is 0 Å². The van der Waals surface area contributed by atoms with E-state index in [0.29, 0.717) is 6.42 Å². The first-order valence-electron chi connectivity index (χ1n) is 2.83.